The summed E-state index contributed by atoms with van der Waals surface area (Å²) in [4.78, 5) is 22.4. The molecule has 1 aliphatic heterocycles. The number of nitrogens with zero attached hydrogens (tertiary/aromatic N) is 1. The smallest absolute Gasteiger partial charge is 0.269 e. The lowest BCUT2D eigenvalue weighted by atomic mass is 9.92. The van der Waals surface area contributed by atoms with E-state index in [-0.39, 0.29) is 34.8 Å². The van der Waals surface area contributed by atoms with Crippen LogP contribution in [0.5, 0.6) is 0 Å². The van der Waals surface area contributed by atoms with Crippen molar-refractivity contribution in [1.29, 1.82) is 0 Å². The van der Waals surface area contributed by atoms with Crippen molar-refractivity contribution >= 4 is 24.0 Å². The molecule has 0 bridgehead atoms. The van der Waals surface area contributed by atoms with E-state index >= 15 is 0 Å². The quantitative estimate of drug-likeness (QED) is 0.441. The van der Waals surface area contributed by atoms with Crippen LogP contribution in [0.25, 0.3) is 0 Å². The Morgan fingerprint density at radius 2 is 1.92 bits per heavy atom. The van der Waals surface area contributed by atoms with Crippen LogP contribution in [0.2, 0.25) is 0 Å². The highest BCUT2D eigenvalue weighted by Crippen LogP contribution is 2.58. The summed E-state index contributed by atoms with van der Waals surface area (Å²) in [5.41, 5.74) is 1.53. The van der Waals surface area contributed by atoms with Gasteiger partial charge in [0.1, 0.15) is 0 Å². The molecule has 25 heavy (non-hydrogen) atoms. The van der Waals surface area contributed by atoms with Crippen LogP contribution in [0.3, 0.4) is 0 Å². The van der Waals surface area contributed by atoms with E-state index in [4.69, 9.17) is 0 Å². The first-order valence-corrected chi connectivity index (χ1v) is 8.82. The fraction of sp³-hybridized carbons (Fsp3) is 0.611. The fourth-order valence-electron chi connectivity index (χ4n) is 3.77. The van der Waals surface area contributed by atoms with Crippen molar-refractivity contribution in [2.24, 2.45) is 11.3 Å². The molecule has 1 saturated carbocycles. The second kappa shape index (κ2) is 8.63. The van der Waals surface area contributed by atoms with E-state index < -0.39 is 0 Å². The van der Waals surface area contributed by atoms with Crippen molar-refractivity contribution in [3.8, 4) is 0 Å². The summed E-state index contributed by atoms with van der Waals surface area (Å²) < 4.78 is 0. The highest BCUT2D eigenvalue weighted by molar-refractivity contribution is 5.85. The Bertz CT molecular complexity index is 600. The second-order valence-corrected chi connectivity index (χ2v) is 7.04. The Balaban J connectivity index is 0.00000225. The number of carbonyl (C=O) groups is 1. The summed E-state index contributed by atoms with van der Waals surface area (Å²) in [6.07, 6.45) is 6.11. The largest absolute Gasteiger partial charge is 0.356 e. The Morgan fingerprint density at radius 1 is 1.24 bits per heavy atom. The average Bonchev–Trinajstić information content (AvgIpc) is 3.28. The number of unbranched alkanes of at least 4 members (excludes halogenated alkanes) is 1. The molecule has 1 aromatic rings. The number of hydrogen-bond donors (Lipinski definition) is 2. The van der Waals surface area contributed by atoms with Gasteiger partial charge in [0.25, 0.3) is 5.69 Å². The lowest BCUT2D eigenvalue weighted by Gasteiger charge is -2.23. The summed E-state index contributed by atoms with van der Waals surface area (Å²) >= 11 is 0. The van der Waals surface area contributed by atoms with E-state index in [0.29, 0.717) is 5.41 Å². The molecule has 6 nitrogen and oxygen atoms in total. The molecule has 2 N–H and O–H groups in total. The van der Waals surface area contributed by atoms with Crippen LogP contribution in [0, 0.1) is 21.4 Å². The predicted octanol–water partition coefficient (Wildman–Crippen LogP) is 2.85. The van der Waals surface area contributed by atoms with Gasteiger partial charge in [0.2, 0.25) is 5.91 Å². The first-order valence-electron chi connectivity index (χ1n) is 8.82. The third-order valence-corrected chi connectivity index (χ3v) is 5.44. The van der Waals surface area contributed by atoms with E-state index in [1.807, 2.05) is 12.1 Å². The second-order valence-electron chi connectivity index (χ2n) is 7.04. The number of aryl methyl sites for hydroxylation is 1. The molecule has 138 valence electrons. The van der Waals surface area contributed by atoms with Crippen LogP contribution < -0.4 is 10.6 Å². The molecule has 1 unspecified atom stereocenters. The maximum absolute atomic E-state index is 12.2. The van der Waals surface area contributed by atoms with Gasteiger partial charge in [-0.15, -0.1) is 12.4 Å². The Kier molecular flexibility index (Phi) is 6.79. The fourth-order valence-corrected chi connectivity index (χ4v) is 3.77. The SMILES string of the molecule is Cl.O=C(NCCCCc1ccc([N+](=O)[O-])cc1)C1CC12CCNCC2. The lowest BCUT2D eigenvalue weighted by molar-refractivity contribution is -0.384. The lowest BCUT2D eigenvalue weighted by Crippen LogP contribution is -2.34. The van der Waals surface area contributed by atoms with Crippen molar-refractivity contribution in [3.05, 3.63) is 39.9 Å². The van der Waals surface area contributed by atoms with Crippen LogP contribution >= 0.6 is 12.4 Å². The van der Waals surface area contributed by atoms with Crippen molar-refractivity contribution in [1.82, 2.24) is 10.6 Å². The number of nitrogens with one attached hydrogen (secondary N) is 2. The number of non-ortho nitro benzene ring substituents is 1. The minimum absolute atomic E-state index is 0. The number of halogens is 1. The minimum atomic E-state index is -0.383. The number of rotatable bonds is 7. The molecular formula is C18H26ClN3O3. The number of carbonyl (C=O) groups excluding carboxylic acids is 1. The maximum atomic E-state index is 12.2. The highest BCUT2D eigenvalue weighted by Gasteiger charge is 2.57. The van der Waals surface area contributed by atoms with Crippen molar-refractivity contribution in [2.45, 2.75) is 38.5 Å². The van der Waals surface area contributed by atoms with Gasteiger partial charge in [0, 0.05) is 24.6 Å². The Labute approximate surface area is 154 Å². The zero-order chi connectivity index (χ0) is 17.0. The zero-order valence-corrected chi connectivity index (χ0v) is 15.1. The van der Waals surface area contributed by atoms with E-state index in [1.54, 1.807) is 12.1 Å². The van der Waals surface area contributed by atoms with E-state index in [0.717, 1.165) is 63.7 Å². The first kappa shape index (κ1) is 19.7. The van der Waals surface area contributed by atoms with Gasteiger partial charge in [0.15, 0.2) is 0 Å². The number of hydrogen-bond acceptors (Lipinski definition) is 4. The topological polar surface area (TPSA) is 84.3 Å². The van der Waals surface area contributed by atoms with Gasteiger partial charge in [0.05, 0.1) is 4.92 Å². The zero-order valence-electron chi connectivity index (χ0n) is 14.3. The maximum Gasteiger partial charge on any atom is 0.269 e. The normalized spacial score (nSPS) is 20.6. The Morgan fingerprint density at radius 3 is 2.56 bits per heavy atom. The molecule has 3 rings (SSSR count). The molecule has 0 aromatic heterocycles. The third-order valence-electron chi connectivity index (χ3n) is 5.44. The molecule has 2 fully saturated rings. The third kappa shape index (κ3) is 4.92. The Hall–Kier alpha value is -1.66. The number of nitro groups is 1. The van der Waals surface area contributed by atoms with Crippen molar-refractivity contribution in [2.75, 3.05) is 19.6 Å². The number of amides is 1. The van der Waals surface area contributed by atoms with E-state index in [1.165, 1.54) is 0 Å². The average molecular weight is 368 g/mol. The van der Waals surface area contributed by atoms with Crippen LogP contribution in [0.15, 0.2) is 24.3 Å². The van der Waals surface area contributed by atoms with Crippen molar-refractivity contribution < 1.29 is 9.72 Å². The van der Waals surface area contributed by atoms with Crippen LogP contribution in [0.1, 0.15) is 37.7 Å². The standard InChI is InChI=1S/C18H25N3O3.ClH/c22-17(16-13-18(16)8-11-19-12-9-18)20-10-2-1-3-14-4-6-15(7-5-14)21(23)24;/h4-7,16,19H,1-3,8-13H2,(H,20,22);1H. The number of piperidine rings is 1. The summed E-state index contributed by atoms with van der Waals surface area (Å²) in [5.74, 6) is 0.460. The van der Waals surface area contributed by atoms with Crippen LogP contribution in [-0.4, -0.2) is 30.5 Å². The first-order chi connectivity index (χ1) is 11.6. The van der Waals surface area contributed by atoms with Gasteiger partial charge in [-0.3, -0.25) is 14.9 Å². The van der Waals surface area contributed by atoms with Crippen molar-refractivity contribution in [3.63, 3.8) is 0 Å². The molecule has 1 atom stereocenters. The van der Waals surface area contributed by atoms with Gasteiger partial charge in [-0.1, -0.05) is 12.1 Å². The summed E-state index contributed by atoms with van der Waals surface area (Å²) in [6.45, 7) is 2.80. The molecule has 1 aliphatic carbocycles. The van der Waals surface area contributed by atoms with Gasteiger partial charge in [-0.25, -0.2) is 0 Å². The molecule has 7 heteroatoms. The molecule has 1 saturated heterocycles. The minimum Gasteiger partial charge on any atom is -0.356 e. The van der Waals surface area contributed by atoms with Crippen LogP contribution in [0.4, 0.5) is 5.69 Å². The molecule has 2 aliphatic rings. The van der Waals surface area contributed by atoms with Gasteiger partial charge < -0.3 is 10.6 Å². The number of nitro benzene ring substituents is 1. The van der Waals surface area contributed by atoms with E-state index in [2.05, 4.69) is 10.6 Å². The molecule has 1 heterocycles. The van der Waals surface area contributed by atoms with Gasteiger partial charge in [-0.05, 0) is 62.6 Å². The van der Waals surface area contributed by atoms with Gasteiger partial charge in [-0.2, -0.15) is 0 Å². The van der Waals surface area contributed by atoms with Crippen LogP contribution in [-0.2, 0) is 11.2 Å². The molecule has 1 aromatic carbocycles. The number of benzene rings is 1. The summed E-state index contributed by atoms with van der Waals surface area (Å²) in [6, 6.07) is 6.70. The molecule has 1 amide bonds. The molecule has 0 radical (unpaired) electrons. The summed E-state index contributed by atoms with van der Waals surface area (Å²) in [5, 5.41) is 17.0. The monoisotopic (exact) mass is 367 g/mol. The van der Waals surface area contributed by atoms with Gasteiger partial charge >= 0.3 is 0 Å². The predicted molar refractivity (Wildman–Crippen MR) is 98.9 cm³/mol. The molecular weight excluding hydrogens is 342 g/mol. The van der Waals surface area contributed by atoms with E-state index in [9.17, 15) is 14.9 Å². The highest BCUT2D eigenvalue weighted by atomic mass is 35.5. The summed E-state index contributed by atoms with van der Waals surface area (Å²) in [7, 11) is 0. The molecule has 1 spiro atoms.